The lowest BCUT2D eigenvalue weighted by atomic mass is 10.1. The minimum Gasteiger partial charge on any atom is -0.444 e. The van der Waals surface area contributed by atoms with Crippen LogP contribution in [0.4, 0.5) is 10.6 Å². The van der Waals surface area contributed by atoms with Crippen molar-refractivity contribution in [3.05, 3.63) is 46.1 Å². The second kappa shape index (κ2) is 7.23. The number of aromatic nitrogens is 2. The molecule has 2 amide bonds. The van der Waals surface area contributed by atoms with Crippen molar-refractivity contribution in [3.8, 4) is 0 Å². The average molecular weight is 391 g/mol. The molecular formula is C19H23ClN4O3. The summed E-state index contributed by atoms with van der Waals surface area (Å²) >= 11 is 5.88. The number of carbonyl (C=O) groups is 2. The predicted molar refractivity (Wildman–Crippen MR) is 103 cm³/mol. The van der Waals surface area contributed by atoms with Crippen molar-refractivity contribution in [2.75, 3.05) is 11.9 Å². The molecule has 0 atom stereocenters. The summed E-state index contributed by atoms with van der Waals surface area (Å²) in [5.74, 6) is 0.324. The Bertz CT molecular complexity index is 868. The zero-order chi connectivity index (χ0) is 19.8. The van der Waals surface area contributed by atoms with Gasteiger partial charge in [0.05, 0.1) is 12.2 Å². The highest BCUT2D eigenvalue weighted by molar-refractivity contribution is 6.30. The Morgan fingerprint density at radius 1 is 1.22 bits per heavy atom. The number of carbonyl (C=O) groups excluding carboxylic acids is 2. The van der Waals surface area contributed by atoms with Crippen LogP contribution in [0.1, 0.15) is 42.4 Å². The van der Waals surface area contributed by atoms with Gasteiger partial charge in [-0.2, -0.15) is 5.10 Å². The van der Waals surface area contributed by atoms with Crippen LogP contribution in [0.25, 0.3) is 0 Å². The van der Waals surface area contributed by atoms with Crippen LogP contribution in [-0.2, 0) is 24.8 Å². The predicted octanol–water partition coefficient (Wildman–Crippen LogP) is 3.62. The molecule has 0 spiro atoms. The van der Waals surface area contributed by atoms with Crippen molar-refractivity contribution in [1.29, 1.82) is 0 Å². The molecule has 2 heterocycles. The number of nitrogens with one attached hydrogen (secondary N) is 1. The molecule has 0 fully saturated rings. The van der Waals surface area contributed by atoms with Gasteiger partial charge < -0.3 is 15.0 Å². The fourth-order valence-corrected chi connectivity index (χ4v) is 3.05. The highest BCUT2D eigenvalue weighted by Gasteiger charge is 2.30. The van der Waals surface area contributed by atoms with E-state index < -0.39 is 5.60 Å². The number of hydrogen-bond donors (Lipinski definition) is 1. The molecule has 0 radical (unpaired) electrons. The second-order valence-corrected chi connectivity index (χ2v) is 7.95. The van der Waals surface area contributed by atoms with Crippen molar-refractivity contribution in [1.82, 2.24) is 14.7 Å². The maximum absolute atomic E-state index is 12.6. The van der Waals surface area contributed by atoms with Crippen LogP contribution in [0.5, 0.6) is 0 Å². The smallest absolute Gasteiger partial charge is 0.410 e. The summed E-state index contributed by atoms with van der Waals surface area (Å²) < 4.78 is 7.10. The van der Waals surface area contributed by atoms with Crippen LogP contribution < -0.4 is 5.32 Å². The maximum Gasteiger partial charge on any atom is 0.410 e. The van der Waals surface area contributed by atoms with Gasteiger partial charge in [0.1, 0.15) is 11.4 Å². The quantitative estimate of drug-likeness (QED) is 0.849. The second-order valence-electron chi connectivity index (χ2n) is 7.51. The summed E-state index contributed by atoms with van der Waals surface area (Å²) in [6.07, 6.45) is 0.242. The minimum absolute atomic E-state index is 0.258. The number of halogens is 1. The molecule has 1 aliphatic heterocycles. The maximum atomic E-state index is 12.6. The minimum atomic E-state index is -0.558. The number of rotatable bonds is 2. The summed E-state index contributed by atoms with van der Waals surface area (Å²) in [6, 6.07) is 6.65. The number of hydrogen-bond acceptors (Lipinski definition) is 4. The molecule has 1 aromatic heterocycles. The van der Waals surface area contributed by atoms with Crippen LogP contribution in [0.2, 0.25) is 5.02 Å². The molecule has 0 saturated heterocycles. The lowest BCUT2D eigenvalue weighted by molar-refractivity contribution is 0.0224. The Kier molecular flexibility index (Phi) is 5.15. The van der Waals surface area contributed by atoms with Gasteiger partial charge in [-0.15, -0.1) is 0 Å². The number of anilines is 1. The van der Waals surface area contributed by atoms with E-state index in [1.54, 1.807) is 40.9 Å². The Morgan fingerprint density at radius 2 is 1.89 bits per heavy atom. The topological polar surface area (TPSA) is 76.5 Å². The number of aryl methyl sites for hydroxylation is 1. The zero-order valence-corrected chi connectivity index (χ0v) is 16.6. The molecule has 3 rings (SSSR count). The van der Waals surface area contributed by atoms with E-state index in [0.717, 1.165) is 11.3 Å². The first-order valence-electron chi connectivity index (χ1n) is 8.73. The molecule has 8 heteroatoms. The van der Waals surface area contributed by atoms with Gasteiger partial charge in [0.25, 0.3) is 5.91 Å². The summed E-state index contributed by atoms with van der Waals surface area (Å²) in [5, 5.41) is 7.95. The molecule has 0 unspecified atom stereocenters. The fourth-order valence-electron chi connectivity index (χ4n) is 2.92. The molecule has 1 N–H and O–H groups in total. The van der Waals surface area contributed by atoms with E-state index in [9.17, 15) is 9.59 Å². The number of amides is 2. The van der Waals surface area contributed by atoms with Crippen LogP contribution in [-0.4, -0.2) is 38.8 Å². The monoisotopic (exact) mass is 390 g/mol. The number of benzene rings is 1. The first kappa shape index (κ1) is 19.2. The van der Waals surface area contributed by atoms with Gasteiger partial charge in [-0.25, -0.2) is 4.79 Å². The van der Waals surface area contributed by atoms with E-state index in [-0.39, 0.29) is 12.0 Å². The van der Waals surface area contributed by atoms with Gasteiger partial charge in [0, 0.05) is 36.2 Å². The van der Waals surface area contributed by atoms with Crippen LogP contribution >= 0.6 is 11.6 Å². The lowest BCUT2D eigenvalue weighted by Crippen LogP contribution is -2.40. The summed E-state index contributed by atoms with van der Waals surface area (Å²) in [7, 11) is 1.77. The van der Waals surface area contributed by atoms with E-state index in [0.29, 0.717) is 35.9 Å². The Labute approximate surface area is 163 Å². The van der Waals surface area contributed by atoms with Crippen LogP contribution in [0.3, 0.4) is 0 Å². The van der Waals surface area contributed by atoms with Gasteiger partial charge in [0.15, 0.2) is 0 Å². The highest BCUT2D eigenvalue weighted by atomic mass is 35.5. The average Bonchev–Trinajstić information content (AvgIpc) is 2.89. The largest absolute Gasteiger partial charge is 0.444 e. The summed E-state index contributed by atoms with van der Waals surface area (Å²) in [6.45, 7) is 6.38. The third kappa shape index (κ3) is 4.42. The van der Waals surface area contributed by atoms with E-state index in [2.05, 4.69) is 10.4 Å². The Morgan fingerprint density at radius 3 is 2.52 bits per heavy atom. The molecular weight excluding hydrogens is 368 g/mol. The third-order valence-electron chi connectivity index (χ3n) is 4.19. The first-order chi connectivity index (χ1) is 12.6. The lowest BCUT2D eigenvalue weighted by Gasteiger charge is -2.29. The van der Waals surface area contributed by atoms with Crippen molar-refractivity contribution in [2.45, 2.75) is 39.3 Å². The zero-order valence-electron chi connectivity index (χ0n) is 15.9. The molecule has 2 aromatic rings. The van der Waals surface area contributed by atoms with Crippen molar-refractivity contribution in [3.63, 3.8) is 0 Å². The Balaban J connectivity index is 1.79. The standard InChI is InChI=1S/C19H23ClN4O3/c1-19(2,3)27-18(26)24-10-9-15-14(11-24)16(23(4)22-15)21-17(25)12-5-7-13(20)8-6-12/h5-8H,9-11H2,1-4H3,(H,21,25). The van der Waals surface area contributed by atoms with Crippen molar-refractivity contribution >= 4 is 29.4 Å². The number of ether oxygens (including phenoxy) is 1. The van der Waals surface area contributed by atoms with Crippen molar-refractivity contribution < 1.29 is 14.3 Å². The number of nitrogens with zero attached hydrogens (tertiary/aromatic N) is 3. The molecule has 27 heavy (non-hydrogen) atoms. The molecule has 0 bridgehead atoms. The van der Waals surface area contributed by atoms with E-state index in [4.69, 9.17) is 16.3 Å². The van der Waals surface area contributed by atoms with Crippen molar-refractivity contribution in [2.24, 2.45) is 7.05 Å². The van der Waals surface area contributed by atoms with Gasteiger partial charge in [0.2, 0.25) is 0 Å². The number of fused-ring (bicyclic) bond motifs is 1. The molecule has 1 aliphatic rings. The fraction of sp³-hybridized carbons (Fsp3) is 0.421. The van der Waals surface area contributed by atoms with E-state index in [1.807, 2.05) is 20.8 Å². The summed E-state index contributed by atoms with van der Waals surface area (Å²) in [5.41, 5.74) is 1.65. The van der Waals surface area contributed by atoms with E-state index >= 15 is 0 Å². The van der Waals surface area contributed by atoms with Gasteiger partial charge in [-0.05, 0) is 45.0 Å². The molecule has 144 valence electrons. The molecule has 1 aromatic carbocycles. The molecule has 0 aliphatic carbocycles. The highest BCUT2D eigenvalue weighted by Crippen LogP contribution is 2.27. The van der Waals surface area contributed by atoms with E-state index in [1.165, 1.54) is 0 Å². The molecule has 7 nitrogen and oxygen atoms in total. The normalized spacial score (nSPS) is 13.9. The van der Waals surface area contributed by atoms with Crippen LogP contribution in [0, 0.1) is 0 Å². The Hall–Kier alpha value is -2.54. The molecule has 0 saturated carbocycles. The third-order valence-corrected chi connectivity index (χ3v) is 4.44. The van der Waals surface area contributed by atoms with Gasteiger partial charge in [-0.1, -0.05) is 11.6 Å². The SMILES string of the molecule is Cn1nc2c(c1NC(=O)c1ccc(Cl)cc1)CN(C(=O)OC(C)(C)C)CC2. The summed E-state index contributed by atoms with van der Waals surface area (Å²) in [4.78, 5) is 26.6. The van der Waals surface area contributed by atoms with Crippen LogP contribution in [0.15, 0.2) is 24.3 Å². The van der Waals surface area contributed by atoms with Gasteiger partial charge >= 0.3 is 6.09 Å². The van der Waals surface area contributed by atoms with Gasteiger partial charge in [-0.3, -0.25) is 9.48 Å². The first-order valence-corrected chi connectivity index (χ1v) is 9.11.